The highest BCUT2D eigenvalue weighted by Crippen LogP contribution is 2.29. The Bertz CT molecular complexity index is 995. The number of sulfonamides is 1. The van der Waals surface area contributed by atoms with Gasteiger partial charge in [0, 0.05) is 31.6 Å². The van der Waals surface area contributed by atoms with Crippen molar-refractivity contribution in [3.8, 4) is 0 Å². The second-order valence-corrected chi connectivity index (χ2v) is 8.87. The molecule has 1 aromatic rings. The minimum Gasteiger partial charge on any atom is -0.455 e. The van der Waals surface area contributed by atoms with E-state index in [0.717, 1.165) is 4.90 Å². The second-order valence-electron chi connectivity index (χ2n) is 7.30. The van der Waals surface area contributed by atoms with Gasteiger partial charge < -0.3 is 9.64 Å². The molecule has 154 valence electrons. The summed E-state index contributed by atoms with van der Waals surface area (Å²) in [5.74, 6) is -1.14. The maximum atomic E-state index is 12.3. The number of likely N-dealkylation sites (tertiary alicyclic amines) is 2. The van der Waals surface area contributed by atoms with E-state index in [1.807, 2.05) is 4.90 Å². The van der Waals surface area contributed by atoms with Crippen LogP contribution in [-0.2, 0) is 29.1 Å². The number of imide groups is 1. The Morgan fingerprint density at radius 3 is 2.55 bits per heavy atom. The first kappa shape index (κ1) is 19.6. The summed E-state index contributed by atoms with van der Waals surface area (Å²) in [6, 6.07) is 6.69. The summed E-state index contributed by atoms with van der Waals surface area (Å²) in [5, 5.41) is 0. The van der Waals surface area contributed by atoms with Gasteiger partial charge in [-0.3, -0.25) is 19.3 Å². The molecule has 0 bridgehead atoms. The van der Waals surface area contributed by atoms with Crippen LogP contribution in [0.25, 0.3) is 0 Å². The molecule has 1 aromatic carbocycles. The van der Waals surface area contributed by atoms with Crippen LogP contribution in [0.15, 0.2) is 33.6 Å². The Morgan fingerprint density at radius 2 is 1.86 bits per heavy atom. The Kier molecular flexibility index (Phi) is 5.12. The van der Waals surface area contributed by atoms with Crippen molar-refractivity contribution < 1.29 is 27.5 Å². The number of benzene rings is 1. The van der Waals surface area contributed by atoms with Crippen molar-refractivity contribution in [1.82, 2.24) is 9.80 Å². The lowest BCUT2D eigenvalue weighted by molar-refractivity contribution is -0.158. The zero-order valence-electron chi connectivity index (χ0n) is 15.7. The Labute approximate surface area is 168 Å². The minimum absolute atomic E-state index is 0.200. The predicted molar refractivity (Wildman–Crippen MR) is 101 cm³/mol. The number of hydrogen-bond acceptors (Lipinski definition) is 7. The fourth-order valence-corrected chi connectivity index (χ4v) is 5.11. The van der Waals surface area contributed by atoms with Crippen LogP contribution in [0, 0.1) is 5.92 Å². The van der Waals surface area contributed by atoms with Gasteiger partial charge in [0.25, 0.3) is 15.9 Å². The number of hydrogen-bond donors (Lipinski definition) is 0. The average molecular weight is 419 g/mol. The van der Waals surface area contributed by atoms with Crippen molar-refractivity contribution in [2.24, 2.45) is 10.3 Å². The van der Waals surface area contributed by atoms with Gasteiger partial charge in [0.15, 0.2) is 12.4 Å². The highest BCUT2D eigenvalue weighted by atomic mass is 32.2. The van der Waals surface area contributed by atoms with Crippen molar-refractivity contribution in [2.75, 3.05) is 26.2 Å². The molecule has 2 amide bonds. The number of nitrogens with zero attached hydrogens (tertiary/aromatic N) is 3. The van der Waals surface area contributed by atoms with E-state index < -0.39 is 28.5 Å². The highest BCUT2D eigenvalue weighted by Gasteiger charge is 2.35. The third kappa shape index (κ3) is 3.76. The Hall–Kier alpha value is -2.75. The number of ether oxygens (including phenoxy) is 1. The van der Waals surface area contributed by atoms with Gasteiger partial charge in [-0.15, -0.1) is 4.40 Å². The number of esters is 1. The van der Waals surface area contributed by atoms with Crippen molar-refractivity contribution in [3.05, 3.63) is 29.8 Å². The van der Waals surface area contributed by atoms with Crippen LogP contribution < -0.4 is 0 Å². The van der Waals surface area contributed by atoms with Crippen LogP contribution in [0.4, 0.5) is 0 Å². The summed E-state index contributed by atoms with van der Waals surface area (Å²) in [7, 11) is -3.68. The summed E-state index contributed by atoms with van der Waals surface area (Å²) in [6.07, 6.45) is 1.93. The van der Waals surface area contributed by atoms with Crippen LogP contribution >= 0.6 is 0 Å². The van der Waals surface area contributed by atoms with Gasteiger partial charge in [-0.2, -0.15) is 8.42 Å². The Morgan fingerprint density at radius 1 is 1.14 bits per heavy atom. The SMILES string of the molecule is O=C(OCC(=O)N1CCCC1=O)C1CCN(C2=NS(=O)(=O)c3ccccc32)CC1. The van der Waals surface area contributed by atoms with E-state index in [0.29, 0.717) is 56.7 Å². The smallest absolute Gasteiger partial charge is 0.309 e. The van der Waals surface area contributed by atoms with E-state index in [1.54, 1.807) is 18.2 Å². The number of carbonyl (C=O) groups is 3. The predicted octanol–water partition coefficient (Wildman–Crippen LogP) is 0.540. The van der Waals surface area contributed by atoms with Crippen LogP contribution in [0.3, 0.4) is 0 Å². The van der Waals surface area contributed by atoms with Gasteiger partial charge in [0.1, 0.15) is 4.90 Å². The Balaban J connectivity index is 1.32. The van der Waals surface area contributed by atoms with Gasteiger partial charge in [-0.1, -0.05) is 12.1 Å². The lowest BCUT2D eigenvalue weighted by Gasteiger charge is -2.32. The third-order valence-corrected chi connectivity index (χ3v) is 6.78. The third-order valence-electron chi connectivity index (χ3n) is 5.45. The number of piperidine rings is 1. The maximum absolute atomic E-state index is 12.3. The number of amides is 2. The molecular formula is C19H21N3O6S. The normalized spacial score (nSPS) is 21.1. The lowest BCUT2D eigenvalue weighted by Crippen LogP contribution is -2.41. The first-order valence-electron chi connectivity index (χ1n) is 9.56. The lowest BCUT2D eigenvalue weighted by atomic mass is 9.96. The number of rotatable bonds is 3. The molecule has 0 aliphatic carbocycles. The number of amidine groups is 1. The van der Waals surface area contributed by atoms with Gasteiger partial charge >= 0.3 is 5.97 Å². The van der Waals surface area contributed by atoms with Crippen LogP contribution in [0.5, 0.6) is 0 Å². The topological polar surface area (TPSA) is 113 Å². The molecule has 10 heteroatoms. The van der Waals surface area contributed by atoms with Gasteiger partial charge in [0.2, 0.25) is 5.91 Å². The van der Waals surface area contributed by atoms with E-state index in [9.17, 15) is 22.8 Å². The van der Waals surface area contributed by atoms with E-state index in [4.69, 9.17) is 4.74 Å². The largest absolute Gasteiger partial charge is 0.455 e. The van der Waals surface area contributed by atoms with Crippen LogP contribution in [0.1, 0.15) is 31.2 Å². The van der Waals surface area contributed by atoms with Crippen LogP contribution in [0.2, 0.25) is 0 Å². The average Bonchev–Trinajstić information content (AvgIpc) is 3.27. The number of fused-ring (bicyclic) bond motifs is 1. The zero-order valence-corrected chi connectivity index (χ0v) is 16.6. The van der Waals surface area contributed by atoms with E-state index in [1.165, 1.54) is 6.07 Å². The molecule has 3 aliphatic heterocycles. The quantitative estimate of drug-likeness (QED) is 0.657. The molecule has 0 atom stereocenters. The van der Waals surface area contributed by atoms with E-state index in [2.05, 4.69) is 4.40 Å². The van der Waals surface area contributed by atoms with Gasteiger partial charge in [0.05, 0.1) is 5.92 Å². The van der Waals surface area contributed by atoms with Crippen LogP contribution in [-0.4, -0.2) is 68.1 Å². The maximum Gasteiger partial charge on any atom is 0.309 e. The van der Waals surface area contributed by atoms with Crippen molar-refractivity contribution in [2.45, 2.75) is 30.6 Å². The molecule has 0 unspecified atom stereocenters. The molecule has 4 rings (SSSR count). The molecule has 3 aliphatic rings. The first-order chi connectivity index (χ1) is 13.9. The summed E-state index contributed by atoms with van der Waals surface area (Å²) in [6.45, 7) is 0.866. The standard InChI is InChI=1S/C19H21N3O6S/c23-16-6-3-9-22(16)17(24)12-28-19(25)13-7-10-21(11-8-13)18-14-4-1-2-5-15(14)29(26,27)20-18/h1-2,4-5,13H,3,6-12H2. The summed E-state index contributed by atoms with van der Waals surface area (Å²) in [5.41, 5.74) is 0.578. The molecule has 0 radical (unpaired) electrons. The molecule has 0 aromatic heterocycles. The van der Waals surface area contributed by atoms with Crippen molar-refractivity contribution in [1.29, 1.82) is 0 Å². The second kappa shape index (κ2) is 7.58. The molecular weight excluding hydrogens is 398 g/mol. The summed E-state index contributed by atoms with van der Waals surface area (Å²) >= 11 is 0. The number of carbonyl (C=O) groups excluding carboxylic acids is 3. The molecule has 0 N–H and O–H groups in total. The minimum atomic E-state index is -3.68. The molecule has 2 fully saturated rings. The molecule has 3 heterocycles. The fourth-order valence-electron chi connectivity index (χ4n) is 3.88. The summed E-state index contributed by atoms with van der Waals surface area (Å²) in [4.78, 5) is 39.1. The van der Waals surface area contributed by atoms with Gasteiger partial charge in [-0.05, 0) is 31.4 Å². The van der Waals surface area contributed by atoms with E-state index in [-0.39, 0.29) is 16.7 Å². The summed E-state index contributed by atoms with van der Waals surface area (Å²) < 4.78 is 33.5. The first-order valence-corrected chi connectivity index (χ1v) is 11.0. The monoisotopic (exact) mass is 419 g/mol. The molecule has 2 saturated heterocycles. The molecule has 9 nitrogen and oxygen atoms in total. The van der Waals surface area contributed by atoms with E-state index >= 15 is 0 Å². The molecule has 0 saturated carbocycles. The molecule has 29 heavy (non-hydrogen) atoms. The zero-order chi connectivity index (χ0) is 20.6. The van der Waals surface area contributed by atoms with Crippen molar-refractivity contribution >= 4 is 33.6 Å². The highest BCUT2D eigenvalue weighted by molar-refractivity contribution is 7.90. The van der Waals surface area contributed by atoms with Crippen molar-refractivity contribution in [3.63, 3.8) is 0 Å². The van der Waals surface area contributed by atoms with Gasteiger partial charge in [-0.25, -0.2) is 0 Å². The molecule has 0 spiro atoms. The fraction of sp³-hybridized carbons (Fsp3) is 0.474.